The number of rotatable bonds is 5. The molecule has 1 heterocycles. The highest BCUT2D eigenvalue weighted by atomic mass is 79.9. The summed E-state index contributed by atoms with van der Waals surface area (Å²) in [6.07, 6.45) is 1.65. The zero-order valence-electron chi connectivity index (χ0n) is 11.5. The van der Waals surface area contributed by atoms with Crippen molar-refractivity contribution < 1.29 is 9.21 Å². The summed E-state index contributed by atoms with van der Waals surface area (Å²) in [6, 6.07) is 9.02. The Morgan fingerprint density at radius 2 is 2.20 bits per heavy atom. The molecule has 0 fully saturated rings. The van der Waals surface area contributed by atoms with Gasteiger partial charge in [-0.05, 0) is 43.3 Å². The monoisotopic (exact) mass is 336 g/mol. The Bertz CT molecular complexity index is 609. The number of hydrogen-bond donors (Lipinski definition) is 1. The van der Waals surface area contributed by atoms with Gasteiger partial charge >= 0.3 is 0 Å². The quantitative estimate of drug-likeness (QED) is 0.912. The van der Waals surface area contributed by atoms with Crippen molar-refractivity contribution in [3.8, 4) is 0 Å². The minimum absolute atomic E-state index is 0.380. The third-order valence-electron chi connectivity index (χ3n) is 3.24. The first kappa shape index (κ1) is 14.8. The molecule has 2 rings (SSSR count). The summed E-state index contributed by atoms with van der Waals surface area (Å²) in [7, 11) is 1.86. The molecule has 20 heavy (non-hydrogen) atoms. The number of nitrogens with two attached hydrogens (primary N) is 1. The summed E-state index contributed by atoms with van der Waals surface area (Å²) in [6.45, 7) is 2.50. The molecule has 0 aliphatic heterocycles. The molecule has 1 atom stereocenters. The third kappa shape index (κ3) is 3.29. The van der Waals surface area contributed by atoms with Crippen molar-refractivity contribution in [1.29, 1.82) is 0 Å². The van der Waals surface area contributed by atoms with Crippen LogP contribution in [0, 0.1) is 6.92 Å². The molecule has 0 spiro atoms. The average Bonchev–Trinajstić information content (AvgIpc) is 2.74. The summed E-state index contributed by atoms with van der Waals surface area (Å²) in [5.41, 5.74) is 7.48. The smallest absolute Gasteiger partial charge is 0.239 e. The van der Waals surface area contributed by atoms with Crippen LogP contribution in [0.4, 0.5) is 0 Å². The molecular formula is C15H17BrN2O2. The van der Waals surface area contributed by atoms with Gasteiger partial charge in [0.2, 0.25) is 5.91 Å². The van der Waals surface area contributed by atoms with Crippen LogP contribution in [0.2, 0.25) is 0 Å². The van der Waals surface area contributed by atoms with Gasteiger partial charge in [0.05, 0.1) is 12.8 Å². The lowest BCUT2D eigenvalue weighted by molar-refractivity contribution is -0.123. The largest absolute Gasteiger partial charge is 0.468 e. The van der Waals surface area contributed by atoms with E-state index in [-0.39, 0.29) is 5.91 Å². The number of carbonyl (C=O) groups excluding carboxylic acids is 1. The maximum absolute atomic E-state index is 11.8. The SMILES string of the molecule is Cc1ccoc1CN(C)[C@@H](C(N)=O)c1cccc(Br)c1. The Kier molecular flexibility index (Phi) is 4.62. The third-order valence-corrected chi connectivity index (χ3v) is 3.73. The molecule has 0 saturated carbocycles. The fourth-order valence-electron chi connectivity index (χ4n) is 2.20. The van der Waals surface area contributed by atoms with Gasteiger partial charge in [0.15, 0.2) is 0 Å². The lowest BCUT2D eigenvalue weighted by atomic mass is 10.0. The first-order valence-electron chi connectivity index (χ1n) is 6.27. The maximum atomic E-state index is 11.8. The number of likely N-dealkylation sites (N-methyl/N-ethyl adjacent to an activating group) is 1. The lowest BCUT2D eigenvalue weighted by Gasteiger charge is -2.25. The van der Waals surface area contributed by atoms with Gasteiger partial charge in [0, 0.05) is 4.47 Å². The van der Waals surface area contributed by atoms with Gasteiger partial charge < -0.3 is 10.2 Å². The van der Waals surface area contributed by atoms with Gasteiger partial charge in [-0.25, -0.2) is 0 Å². The van der Waals surface area contributed by atoms with E-state index in [1.807, 2.05) is 49.2 Å². The number of halogens is 1. The van der Waals surface area contributed by atoms with E-state index in [1.165, 1.54) is 0 Å². The molecule has 4 nitrogen and oxygen atoms in total. The van der Waals surface area contributed by atoms with Gasteiger partial charge in [-0.3, -0.25) is 9.69 Å². The Labute approximate surface area is 126 Å². The molecule has 0 bridgehead atoms. The molecule has 0 unspecified atom stereocenters. The van der Waals surface area contributed by atoms with E-state index in [1.54, 1.807) is 6.26 Å². The van der Waals surface area contributed by atoms with Crippen molar-refractivity contribution in [3.05, 3.63) is 58.0 Å². The average molecular weight is 337 g/mol. The highest BCUT2D eigenvalue weighted by molar-refractivity contribution is 9.10. The van der Waals surface area contributed by atoms with Crippen LogP contribution in [0.3, 0.4) is 0 Å². The van der Waals surface area contributed by atoms with E-state index in [2.05, 4.69) is 15.9 Å². The van der Waals surface area contributed by atoms with Crippen molar-refractivity contribution >= 4 is 21.8 Å². The van der Waals surface area contributed by atoms with Crippen molar-refractivity contribution in [3.63, 3.8) is 0 Å². The van der Waals surface area contributed by atoms with Crippen LogP contribution >= 0.6 is 15.9 Å². The van der Waals surface area contributed by atoms with Crippen LogP contribution in [-0.4, -0.2) is 17.9 Å². The predicted molar refractivity (Wildman–Crippen MR) is 81.0 cm³/mol. The summed E-state index contributed by atoms with van der Waals surface area (Å²) < 4.78 is 6.34. The first-order valence-corrected chi connectivity index (χ1v) is 7.06. The number of nitrogens with zero attached hydrogens (tertiary/aromatic N) is 1. The molecule has 0 radical (unpaired) electrons. The maximum Gasteiger partial charge on any atom is 0.239 e. The highest BCUT2D eigenvalue weighted by Crippen LogP contribution is 2.24. The first-order chi connectivity index (χ1) is 9.49. The molecule has 0 aliphatic rings. The van der Waals surface area contributed by atoms with E-state index in [0.29, 0.717) is 6.54 Å². The van der Waals surface area contributed by atoms with E-state index in [0.717, 1.165) is 21.4 Å². The van der Waals surface area contributed by atoms with Crippen molar-refractivity contribution in [2.24, 2.45) is 5.73 Å². The van der Waals surface area contributed by atoms with Gasteiger partial charge in [-0.15, -0.1) is 0 Å². The van der Waals surface area contributed by atoms with E-state index < -0.39 is 6.04 Å². The minimum Gasteiger partial charge on any atom is -0.468 e. The van der Waals surface area contributed by atoms with Gasteiger partial charge in [0.1, 0.15) is 11.8 Å². The van der Waals surface area contributed by atoms with Crippen LogP contribution in [0.5, 0.6) is 0 Å². The minimum atomic E-state index is -0.489. The Balaban J connectivity index is 2.25. The molecule has 0 aliphatic carbocycles. The number of hydrogen-bond acceptors (Lipinski definition) is 3. The number of carbonyl (C=O) groups is 1. The van der Waals surface area contributed by atoms with Gasteiger partial charge in [-0.2, -0.15) is 0 Å². The second-order valence-corrected chi connectivity index (χ2v) is 5.72. The molecule has 5 heteroatoms. The van der Waals surface area contributed by atoms with Crippen LogP contribution in [0.1, 0.15) is 22.9 Å². The molecule has 1 aromatic heterocycles. The molecule has 106 valence electrons. The Hall–Kier alpha value is -1.59. The normalized spacial score (nSPS) is 12.6. The van der Waals surface area contributed by atoms with E-state index in [4.69, 9.17) is 10.2 Å². The molecule has 1 aromatic carbocycles. The Morgan fingerprint density at radius 1 is 1.45 bits per heavy atom. The van der Waals surface area contributed by atoms with Crippen molar-refractivity contribution in [2.45, 2.75) is 19.5 Å². The number of aryl methyl sites for hydroxylation is 1. The summed E-state index contributed by atoms with van der Waals surface area (Å²) >= 11 is 3.41. The van der Waals surface area contributed by atoms with Gasteiger partial charge in [-0.1, -0.05) is 28.1 Å². The van der Waals surface area contributed by atoms with E-state index >= 15 is 0 Å². The number of benzene rings is 1. The number of amides is 1. The van der Waals surface area contributed by atoms with Crippen LogP contribution < -0.4 is 5.73 Å². The summed E-state index contributed by atoms with van der Waals surface area (Å²) in [4.78, 5) is 13.7. The van der Waals surface area contributed by atoms with Crippen molar-refractivity contribution in [1.82, 2.24) is 4.90 Å². The molecule has 0 saturated heterocycles. The van der Waals surface area contributed by atoms with Crippen molar-refractivity contribution in [2.75, 3.05) is 7.05 Å². The van der Waals surface area contributed by atoms with Crippen LogP contribution in [0.15, 0.2) is 45.5 Å². The predicted octanol–water partition coefficient (Wildman–Crippen LogP) is 3.01. The summed E-state index contributed by atoms with van der Waals surface area (Å²) in [5.74, 6) is 0.462. The Morgan fingerprint density at radius 3 is 2.75 bits per heavy atom. The summed E-state index contributed by atoms with van der Waals surface area (Å²) in [5, 5.41) is 0. The zero-order valence-corrected chi connectivity index (χ0v) is 13.1. The second kappa shape index (κ2) is 6.24. The van der Waals surface area contributed by atoms with E-state index in [9.17, 15) is 4.79 Å². The standard InChI is InChI=1S/C15H17BrN2O2/c1-10-6-7-20-13(10)9-18(2)14(15(17)19)11-4-3-5-12(16)8-11/h3-8,14H,9H2,1-2H3,(H2,17,19)/t14-/m1/s1. The molecule has 1 amide bonds. The van der Waals surface area contributed by atoms with Crippen LogP contribution in [-0.2, 0) is 11.3 Å². The lowest BCUT2D eigenvalue weighted by Crippen LogP contribution is -2.35. The van der Waals surface area contributed by atoms with Gasteiger partial charge in [0.25, 0.3) is 0 Å². The number of primary amides is 1. The fraction of sp³-hybridized carbons (Fsp3) is 0.267. The molecule has 2 N–H and O–H groups in total. The topological polar surface area (TPSA) is 59.5 Å². The highest BCUT2D eigenvalue weighted by Gasteiger charge is 2.24. The number of furan rings is 1. The van der Waals surface area contributed by atoms with Crippen LogP contribution in [0.25, 0.3) is 0 Å². The molecular weight excluding hydrogens is 320 g/mol. The fourth-order valence-corrected chi connectivity index (χ4v) is 2.61. The second-order valence-electron chi connectivity index (χ2n) is 4.80. The molecule has 2 aromatic rings. The zero-order chi connectivity index (χ0) is 14.7.